The van der Waals surface area contributed by atoms with Gasteiger partial charge in [-0.15, -0.1) is 0 Å². The maximum Gasteiger partial charge on any atom is 0.337 e. The number of carbonyl (C=O) groups is 4. The minimum Gasteiger partial charge on any atom is -0.465 e. The minimum absolute atomic E-state index is 0.307. The Labute approximate surface area is 669 Å². The molecule has 0 bridgehead atoms. The molecule has 6 heterocycles. The van der Waals surface area contributed by atoms with Gasteiger partial charge in [-0.05, 0) is 217 Å². The SMILES string of the molecule is COC(=O)c1cccc(CC2=Nc3cc(Br)c(C)cc3C2)c1.COC(=O)c1cccc(Cc2nc3cc(-c4cccnc4)c(C)cc3n2C)c1.COC(=O)c1cccc(Cc2nc3cc(Br)c(C)cc3n2C)c1.Cc1cc(N)c(N)cc1Br.Cc1cc2c(cc1-c1cccnc1)nc(Cc1cccc(C(=O)NO)c1)n2C. The molecular weight excluding hydrogens is 1590 g/mol. The summed E-state index contributed by atoms with van der Waals surface area (Å²) in [7, 11) is 10.2. The molecule has 1 aliphatic heterocycles. The number of aromatic nitrogens is 8. The van der Waals surface area contributed by atoms with Crippen molar-refractivity contribution in [3.8, 4) is 22.3 Å². The Morgan fingerprint density at radius 3 is 1.23 bits per heavy atom. The number of nitrogen functional groups attached to an aromatic ring is 2. The van der Waals surface area contributed by atoms with E-state index in [9.17, 15) is 19.2 Å². The molecule has 0 aliphatic carbocycles. The summed E-state index contributed by atoms with van der Waals surface area (Å²) in [6.07, 6.45) is 10.8. The molecule has 0 spiro atoms. The number of hydrogen-bond donors (Lipinski definition) is 4. The third-order valence-electron chi connectivity index (χ3n) is 19.1. The Bertz CT molecular complexity index is 5620. The summed E-state index contributed by atoms with van der Waals surface area (Å²) in [5.74, 6) is 1.32. The summed E-state index contributed by atoms with van der Waals surface area (Å²) in [5, 5.41) is 8.83. The van der Waals surface area contributed by atoms with Gasteiger partial charge in [0.1, 0.15) is 17.5 Å². The smallest absolute Gasteiger partial charge is 0.337 e. The third kappa shape index (κ3) is 19.5. The molecule has 14 aromatic rings. The van der Waals surface area contributed by atoms with Crippen LogP contribution in [0.1, 0.15) is 115 Å². The first-order chi connectivity index (χ1) is 53.3. The number of rotatable bonds is 14. The van der Waals surface area contributed by atoms with Crippen LogP contribution in [0.3, 0.4) is 0 Å². The van der Waals surface area contributed by atoms with Crippen molar-refractivity contribution in [2.45, 2.75) is 66.7 Å². The number of nitrogens with zero attached hydrogens (tertiary/aromatic N) is 9. The Kier molecular flexibility index (Phi) is 26.2. The van der Waals surface area contributed by atoms with Gasteiger partial charge >= 0.3 is 17.9 Å². The lowest BCUT2D eigenvalue weighted by atomic mass is 10.0. The van der Waals surface area contributed by atoms with Crippen LogP contribution in [0.5, 0.6) is 0 Å². The number of nitrogens with two attached hydrogens (primary N) is 2. The Hall–Kier alpha value is -11.8. The molecule has 23 heteroatoms. The van der Waals surface area contributed by atoms with Gasteiger partial charge in [0.15, 0.2) is 0 Å². The molecular formula is C88H83Br3N12O8. The third-order valence-corrected chi connectivity index (χ3v) is 21.6. The van der Waals surface area contributed by atoms with Gasteiger partial charge in [-0.1, -0.05) is 115 Å². The van der Waals surface area contributed by atoms with E-state index in [1.165, 1.54) is 43.6 Å². The highest BCUT2D eigenvalue weighted by Gasteiger charge is 2.20. The summed E-state index contributed by atoms with van der Waals surface area (Å²) >= 11 is 10.4. The van der Waals surface area contributed by atoms with Crippen molar-refractivity contribution >= 4 is 127 Å². The van der Waals surface area contributed by atoms with E-state index in [4.69, 9.17) is 50.8 Å². The van der Waals surface area contributed by atoms with E-state index < -0.39 is 5.91 Å². The lowest BCUT2D eigenvalue weighted by Crippen LogP contribution is -2.18. The number of hydroxylamine groups is 1. The van der Waals surface area contributed by atoms with Gasteiger partial charge in [-0.3, -0.25) is 25.0 Å². The second-order valence-corrected chi connectivity index (χ2v) is 29.4. The van der Waals surface area contributed by atoms with Gasteiger partial charge in [0.25, 0.3) is 5.91 Å². The standard InChI is InChI=1S/C23H21N3O2.C22H20N4O2.C18H17BrN2O2.C18H16BrNO2.C7H9BrN2/c1-15-10-21-20(13-19(15)18-8-5-9-24-14-18)25-22(26(21)2)12-16-6-4-7-17(11-16)23(27)28-3;1-14-9-20-19(12-18(14)17-7-4-8-23-13-17)24-21(26(20)2)11-15-5-3-6-16(10-15)22(27)25-28;1-11-7-16-15(10-14(11)19)20-17(21(16)2)9-12-5-4-6-13(8-12)18(22)23-3;1-11-6-14-9-15(20-17(14)10-16(11)19)8-12-4-3-5-13(7-12)18(21)22-2;1-4-2-6(9)7(10)3-5(4)8/h4-11,13-14H,12H2,1-3H3;3-10,12-13,28H,11H2,1-2H3,(H,25,27);4-8,10H,9H2,1-3H3;3-7,10H,8-9H2,1-2H3;2-3H,9-10H2,1H3. The summed E-state index contributed by atoms with van der Waals surface area (Å²) in [6, 6.07) is 58.2. The Morgan fingerprint density at radius 2 is 0.811 bits per heavy atom. The van der Waals surface area contributed by atoms with E-state index in [2.05, 4.69) is 148 Å². The van der Waals surface area contributed by atoms with Crippen molar-refractivity contribution in [1.82, 2.24) is 44.1 Å². The van der Waals surface area contributed by atoms with Crippen LogP contribution in [0.2, 0.25) is 0 Å². The van der Waals surface area contributed by atoms with Crippen LogP contribution < -0.4 is 16.9 Å². The number of esters is 3. The van der Waals surface area contributed by atoms with Gasteiger partial charge in [-0.2, -0.15) is 0 Å². The zero-order chi connectivity index (χ0) is 79.3. The van der Waals surface area contributed by atoms with Crippen LogP contribution in [0.15, 0.2) is 225 Å². The highest BCUT2D eigenvalue weighted by atomic mass is 79.9. The molecule has 0 saturated carbocycles. The van der Waals surface area contributed by atoms with Crippen molar-refractivity contribution in [3.05, 3.63) is 316 Å². The average Bonchev–Trinajstić information content (AvgIpc) is 1.66. The number of fused-ring (bicyclic) bond motifs is 4. The Morgan fingerprint density at radius 1 is 0.441 bits per heavy atom. The topological polar surface area (TPSA) is 272 Å². The molecule has 0 fully saturated rings. The quantitative estimate of drug-likeness (QED) is 0.0259. The fraction of sp³-hybridized carbons (Fsp3) is 0.182. The highest BCUT2D eigenvalue weighted by Crippen LogP contribution is 2.35. The van der Waals surface area contributed by atoms with Crippen LogP contribution in [0, 0.1) is 34.6 Å². The maximum absolute atomic E-state index is 11.8. The molecule has 0 unspecified atom stereocenters. The molecule has 20 nitrogen and oxygen atoms in total. The number of methoxy groups -OCH3 is 3. The first kappa shape index (κ1) is 80.3. The molecule has 1 amide bonds. The summed E-state index contributed by atoms with van der Waals surface area (Å²) in [6.45, 7) is 10.3. The van der Waals surface area contributed by atoms with E-state index >= 15 is 0 Å². The number of amides is 1. The first-order valence-corrected chi connectivity index (χ1v) is 37.7. The molecule has 564 valence electrons. The maximum atomic E-state index is 11.8. The van der Waals surface area contributed by atoms with Gasteiger partial charge in [0.05, 0.1) is 88.2 Å². The largest absolute Gasteiger partial charge is 0.465 e. The predicted molar refractivity (Wildman–Crippen MR) is 449 cm³/mol. The van der Waals surface area contributed by atoms with Crippen molar-refractivity contribution in [3.63, 3.8) is 0 Å². The van der Waals surface area contributed by atoms with Crippen molar-refractivity contribution < 1.29 is 38.6 Å². The van der Waals surface area contributed by atoms with Crippen molar-refractivity contribution in [2.24, 2.45) is 26.1 Å². The van der Waals surface area contributed by atoms with Crippen molar-refractivity contribution in [1.29, 1.82) is 0 Å². The van der Waals surface area contributed by atoms with E-state index in [0.29, 0.717) is 52.9 Å². The Balaban J connectivity index is 0.000000141. The van der Waals surface area contributed by atoms with Crippen molar-refractivity contribution in [2.75, 3.05) is 32.8 Å². The molecule has 9 aromatic carbocycles. The van der Waals surface area contributed by atoms with Gasteiger partial charge in [0.2, 0.25) is 0 Å². The van der Waals surface area contributed by atoms with Crippen LogP contribution >= 0.6 is 47.8 Å². The second kappa shape index (κ2) is 36.2. The number of nitrogens with one attached hydrogen (secondary N) is 1. The van der Waals surface area contributed by atoms with Gasteiger partial charge in [0, 0.05) is 114 Å². The normalized spacial score (nSPS) is 11.2. The van der Waals surface area contributed by atoms with E-state index in [-0.39, 0.29) is 17.9 Å². The minimum atomic E-state index is -0.524. The zero-order valence-electron chi connectivity index (χ0n) is 63.3. The number of halogens is 3. The number of aryl methyl sites for hydroxylation is 8. The van der Waals surface area contributed by atoms with Crippen LogP contribution in [-0.4, -0.2) is 94.7 Å². The molecule has 5 aromatic heterocycles. The molecule has 111 heavy (non-hydrogen) atoms. The zero-order valence-corrected chi connectivity index (χ0v) is 68.0. The number of hydrogen-bond acceptors (Lipinski definition) is 16. The monoisotopic (exact) mass is 1670 g/mol. The number of carbonyl (C=O) groups excluding carboxylic acids is 4. The number of benzene rings is 9. The predicted octanol–water partition coefficient (Wildman–Crippen LogP) is 18.3. The lowest BCUT2D eigenvalue weighted by molar-refractivity contribution is 0.0591. The molecule has 0 radical (unpaired) electrons. The van der Waals surface area contributed by atoms with Gasteiger partial charge in [-0.25, -0.2) is 34.8 Å². The molecule has 0 atom stereocenters. The number of pyridine rings is 2. The number of imidazole rings is 3. The number of anilines is 2. The molecule has 0 saturated heterocycles. The molecule has 6 N–H and O–H groups in total. The van der Waals surface area contributed by atoms with Crippen LogP contribution in [0.4, 0.5) is 17.1 Å². The van der Waals surface area contributed by atoms with E-state index in [1.54, 1.807) is 54.3 Å². The molecule has 1 aliphatic rings. The number of aliphatic imine (C=N–C) groups is 1. The summed E-state index contributed by atoms with van der Waals surface area (Å²) < 4.78 is 23.8. The second-order valence-electron chi connectivity index (χ2n) is 26.9. The van der Waals surface area contributed by atoms with E-state index in [1.807, 2.05) is 138 Å². The van der Waals surface area contributed by atoms with Crippen LogP contribution in [0.25, 0.3) is 55.4 Å². The fourth-order valence-electron chi connectivity index (χ4n) is 13.0. The highest BCUT2D eigenvalue weighted by molar-refractivity contribution is 9.11. The average molecular weight is 1680 g/mol. The summed E-state index contributed by atoms with van der Waals surface area (Å²) in [5.41, 5.74) is 39.9. The van der Waals surface area contributed by atoms with Crippen LogP contribution in [-0.2, 0) is 67.5 Å². The van der Waals surface area contributed by atoms with Gasteiger partial charge < -0.3 is 39.4 Å². The number of ether oxygens (including phenoxy) is 3. The summed E-state index contributed by atoms with van der Waals surface area (Å²) in [4.78, 5) is 74.2. The fourth-order valence-corrected chi connectivity index (χ4v) is 14.0. The first-order valence-electron chi connectivity index (χ1n) is 35.4. The molecule has 15 rings (SSSR count). The lowest BCUT2D eigenvalue weighted by Gasteiger charge is -2.07. The van der Waals surface area contributed by atoms with E-state index in [0.717, 1.165) is 144 Å².